The van der Waals surface area contributed by atoms with Crippen molar-refractivity contribution < 1.29 is 9.18 Å². The van der Waals surface area contributed by atoms with Gasteiger partial charge in [0.05, 0.1) is 5.02 Å². The lowest BCUT2D eigenvalue weighted by atomic mass is 10.0. The molecule has 1 aromatic rings. The Hall–Kier alpha value is -1.15. The smallest absolute Gasteiger partial charge is 0.168 e. The van der Waals surface area contributed by atoms with Crippen molar-refractivity contribution in [2.75, 3.05) is 0 Å². The van der Waals surface area contributed by atoms with Gasteiger partial charge in [0, 0.05) is 12.0 Å². The third kappa shape index (κ3) is 3.17. The fourth-order valence-electron chi connectivity index (χ4n) is 1.16. The van der Waals surface area contributed by atoms with Crippen LogP contribution >= 0.6 is 11.6 Å². The highest BCUT2D eigenvalue weighted by Gasteiger charge is 2.11. The summed E-state index contributed by atoms with van der Waals surface area (Å²) in [5.41, 5.74) is 1.20. The molecule has 0 aliphatic rings. The van der Waals surface area contributed by atoms with E-state index in [-0.39, 0.29) is 17.2 Å². The van der Waals surface area contributed by atoms with Crippen molar-refractivity contribution in [3.05, 3.63) is 46.8 Å². The summed E-state index contributed by atoms with van der Waals surface area (Å²) in [6.45, 7) is 5.68. The van der Waals surface area contributed by atoms with Crippen LogP contribution in [0.2, 0.25) is 5.02 Å². The SMILES string of the molecule is C=C(CC)CC(=O)c1ccc(F)cc1Cl. The van der Waals surface area contributed by atoms with Gasteiger partial charge < -0.3 is 0 Å². The van der Waals surface area contributed by atoms with E-state index in [0.29, 0.717) is 5.56 Å². The van der Waals surface area contributed by atoms with Crippen molar-refractivity contribution in [3.63, 3.8) is 0 Å². The van der Waals surface area contributed by atoms with E-state index in [0.717, 1.165) is 18.1 Å². The second kappa shape index (κ2) is 5.08. The average molecular weight is 227 g/mol. The summed E-state index contributed by atoms with van der Waals surface area (Å²) in [5.74, 6) is -0.558. The molecule has 15 heavy (non-hydrogen) atoms. The van der Waals surface area contributed by atoms with Gasteiger partial charge in [0.15, 0.2) is 5.78 Å². The quantitative estimate of drug-likeness (QED) is 0.560. The number of hydrogen-bond donors (Lipinski definition) is 0. The fraction of sp³-hybridized carbons (Fsp3) is 0.250. The van der Waals surface area contributed by atoms with Gasteiger partial charge in [0.1, 0.15) is 5.82 Å². The number of halogens is 2. The summed E-state index contributed by atoms with van der Waals surface area (Å²) < 4.78 is 12.7. The van der Waals surface area contributed by atoms with E-state index < -0.39 is 5.82 Å². The Morgan fingerprint density at radius 1 is 1.53 bits per heavy atom. The zero-order valence-corrected chi connectivity index (χ0v) is 9.27. The molecule has 0 N–H and O–H groups in total. The summed E-state index contributed by atoms with van der Waals surface area (Å²) in [7, 11) is 0. The predicted molar refractivity (Wildman–Crippen MR) is 59.8 cm³/mol. The summed E-state index contributed by atoms with van der Waals surface area (Å²) in [5, 5.41) is 0.156. The first kappa shape index (κ1) is 11.9. The highest BCUT2D eigenvalue weighted by Crippen LogP contribution is 2.20. The molecule has 0 heterocycles. The van der Waals surface area contributed by atoms with Crippen molar-refractivity contribution in [1.82, 2.24) is 0 Å². The van der Waals surface area contributed by atoms with Crippen LogP contribution in [0.3, 0.4) is 0 Å². The van der Waals surface area contributed by atoms with E-state index >= 15 is 0 Å². The Balaban J connectivity index is 2.87. The third-order valence-corrected chi connectivity index (χ3v) is 2.45. The van der Waals surface area contributed by atoms with Crippen LogP contribution in [-0.4, -0.2) is 5.78 Å². The molecule has 1 rings (SSSR count). The van der Waals surface area contributed by atoms with Crippen LogP contribution in [0.5, 0.6) is 0 Å². The molecular weight excluding hydrogens is 215 g/mol. The van der Waals surface area contributed by atoms with E-state index in [9.17, 15) is 9.18 Å². The molecule has 80 valence electrons. The average Bonchev–Trinajstić information content (AvgIpc) is 2.17. The first-order valence-corrected chi connectivity index (χ1v) is 5.07. The topological polar surface area (TPSA) is 17.1 Å². The van der Waals surface area contributed by atoms with E-state index in [4.69, 9.17) is 11.6 Å². The van der Waals surface area contributed by atoms with Crippen LogP contribution in [0.25, 0.3) is 0 Å². The van der Waals surface area contributed by atoms with E-state index in [1.807, 2.05) is 6.92 Å². The molecule has 0 amide bonds. The van der Waals surface area contributed by atoms with Gasteiger partial charge in [0.25, 0.3) is 0 Å². The van der Waals surface area contributed by atoms with Crippen LogP contribution in [0.1, 0.15) is 30.1 Å². The van der Waals surface area contributed by atoms with E-state index in [1.165, 1.54) is 12.1 Å². The maximum Gasteiger partial charge on any atom is 0.168 e. The largest absolute Gasteiger partial charge is 0.294 e. The summed E-state index contributed by atoms with van der Waals surface area (Å²) in [4.78, 5) is 11.7. The van der Waals surface area contributed by atoms with Crippen molar-refractivity contribution in [2.45, 2.75) is 19.8 Å². The first-order chi connectivity index (χ1) is 7.04. The molecule has 0 atom stereocenters. The second-order valence-corrected chi connectivity index (χ2v) is 3.73. The number of hydrogen-bond acceptors (Lipinski definition) is 1. The van der Waals surface area contributed by atoms with Crippen molar-refractivity contribution >= 4 is 17.4 Å². The number of allylic oxidation sites excluding steroid dienone is 1. The zero-order valence-electron chi connectivity index (χ0n) is 8.52. The number of rotatable bonds is 4. The van der Waals surface area contributed by atoms with Gasteiger partial charge in [-0.3, -0.25) is 4.79 Å². The lowest BCUT2D eigenvalue weighted by Crippen LogP contribution is -2.01. The Morgan fingerprint density at radius 3 is 2.73 bits per heavy atom. The summed E-state index contributed by atoms with van der Waals surface area (Å²) in [6, 6.07) is 3.78. The Bertz CT molecular complexity index is 399. The van der Waals surface area contributed by atoms with Crippen molar-refractivity contribution in [2.24, 2.45) is 0 Å². The van der Waals surface area contributed by atoms with Crippen molar-refractivity contribution in [1.29, 1.82) is 0 Å². The number of carbonyl (C=O) groups is 1. The number of carbonyl (C=O) groups excluding carboxylic acids is 1. The van der Waals surface area contributed by atoms with Gasteiger partial charge in [-0.25, -0.2) is 4.39 Å². The molecule has 0 aromatic heterocycles. The van der Waals surface area contributed by atoms with Gasteiger partial charge in [-0.15, -0.1) is 0 Å². The van der Waals surface area contributed by atoms with Crippen LogP contribution < -0.4 is 0 Å². The minimum atomic E-state index is -0.439. The molecule has 1 aromatic carbocycles. The molecule has 0 fully saturated rings. The lowest BCUT2D eigenvalue weighted by molar-refractivity contribution is 0.0992. The second-order valence-electron chi connectivity index (χ2n) is 3.33. The standard InChI is InChI=1S/C12H12ClFO/c1-3-8(2)6-12(15)10-5-4-9(14)7-11(10)13/h4-5,7H,2-3,6H2,1H3. The molecule has 0 spiro atoms. The third-order valence-electron chi connectivity index (χ3n) is 2.14. The normalized spacial score (nSPS) is 10.1. The summed E-state index contributed by atoms with van der Waals surface area (Å²) in [6.07, 6.45) is 1.02. The van der Waals surface area contributed by atoms with Gasteiger partial charge >= 0.3 is 0 Å². The Kier molecular flexibility index (Phi) is 4.04. The van der Waals surface area contributed by atoms with Gasteiger partial charge in [-0.2, -0.15) is 0 Å². The van der Waals surface area contributed by atoms with Gasteiger partial charge in [-0.05, 0) is 24.6 Å². The summed E-state index contributed by atoms with van der Waals surface area (Å²) >= 11 is 5.76. The highest BCUT2D eigenvalue weighted by molar-refractivity contribution is 6.34. The van der Waals surface area contributed by atoms with Crippen LogP contribution in [0.15, 0.2) is 30.4 Å². The molecule has 0 saturated carbocycles. The van der Waals surface area contributed by atoms with Crippen LogP contribution in [0.4, 0.5) is 4.39 Å². The van der Waals surface area contributed by atoms with Crippen LogP contribution in [0, 0.1) is 5.82 Å². The molecule has 0 unspecified atom stereocenters. The number of ketones is 1. The Labute approximate surface area is 93.6 Å². The molecule has 0 radical (unpaired) electrons. The van der Waals surface area contributed by atoms with Gasteiger partial charge in [0.2, 0.25) is 0 Å². The zero-order chi connectivity index (χ0) is 11.4. The first-order valence-electron chi connectivity index (χ1n) is 4.69. The van der Waals surface area contributed by atoms with E-state index in [2.05, 4.69) is 6.58 Å². The fourth-order valence-corrected chi connectivity index (χ4v) is 1.44. The van der Waals surface area contributed by atoms with Crippen LogP contribution in [-0.2, 0) is 0 Å². The lowest BCUT2D eigenvalue weighted by Gasteiger charge is -2.04. The molecule has 0 bridgehead atoms. The Morgan fingerprint density at radius 2 is 2.20 bits per heavy atom. The molecule has 3 heteroatoms. The maximum atomic E-state index is 12.7. The maximum absolute atomic E-state index is 12.7. The highest BCUT2D eigenvalue weighted by atomic mass is 35.5. The monoisotopic (exact) mass is 226 g/mol. The number of benzene rings is 1. The molecule has 1 nitrogen and oxygen atoms in total. The van der Waals surface area contributed by atoms with Gasteiger partial charge in [-0.1, -0.05) is 30.7 Å². The predicted octanol–water partition coefficient (Wildman–Crippen LogP) is 4.02. The minimum absolute atomic E-state index is 0.119. The molecule has 0 saturated heterocycles. The minimum Gasteiger partial charge on any atom is -0.294 e. The van der Waals surface area contributed by atoms with Crippen molar-refractivity contribution in [3.8, 4) is 0 Å². The number of Topliss-reactive ketones (excluding diaryl/α,β-unsaturated/α-hetero) is 1. The molecular formula is C12H12ClFO. The molecule has 0 aliphatic heterocycles. The molecule has 0 aliphatic carbocycles. The van der Waals surface area contributed by atoms with E-state index in [1.54, 1.807) is 0 Å².